The number of nitrogens with zero attached hydrogens (tertiary/aromatic N) is 1. The highest BCUT2D eigenvalue weighted by Crippen LogP contribution is 2.32. The zero-order chi connectivity index (χ0) is 20.2. The molecule has 2 aromatic rings. The molecular formula is C24H30N2O3. The van der Waals surface area contributed by atoms with Crippen LogP contribution in [0.25, 0.3) is 0 Å². The maximum absolute atomic E-state index is 12.7. The topological polar surface area (TPSA) is 50.8 Å². The molecule has 0 radical (unpaired) electrons. The summed E-state index contributed by atoms with van der Waals surface area (Å²) < 4.78 is 11.2. The van der Waals surface area contributed by atoms with Crippen LogP contribution < -0.4 is 14.8 Å². The zero-order valence-corrected chi connectivity index (χ0v) is 17.3. The minimum atomic E-state index is -0.117. The minimum Gasteiger partial charge on any atom is -0.486 e. The first-order valence-electron chi connectivity index (χ1n) is 10.6. The first-order valence-corrected chi connectivity index (χ1v) is 10.6. The largest absolute Gasteiger partial charge is 0.486 e. The molecule has 0 aromatic heterocycles. The number of fused-ring (bicyclic) bond motifs is 1. The summed E-state index contributed by atoms with van der Waals surface area (Å²) in [5.74, 6) is 2.28. The van der Waals surface area contributed by atoms with Crippen molar-refractivity contribution in [1.29, 1.82) is 0 Å². The van der Waals surface area contributed by atoms with Gasteiger partial charge in [-0.15, -0.1) is 0 Å². The summed E-state index contributed by atoms with van der Waals surface area (Å²) in [7, 11) is 0. The van der Waals surface area contributed by atoms with Gasteiger partial charge in [0.2, 0.25) is 0 Å². The number of hydrogen-bond donors (Lipinski definition) is 1. The number of piperidine rings is 1. The molecule has 0 saturated carbocycles. The van der Waals surface area contributed by atoms with Crippen molar-refractivity contribution >= 4 is 5.91 Å². The Hall–Kier alpha value is -2.53. The number of carbonyl (C=O) groups excluding carboxylic acids is 1. The number of carbonyl (C=O) groups is 1. The van der Waals surface area contributed by atoms with Gasteiger partial charge in [-0.25, -0.2) is 0 Å². The highest BCUT2D eigenvalue weighted by Gasteiger charge is 2.18. The van der Waals surface area contributed by atoms with E-state index in [-0.39, 0.29) is 11.9 Å². The van der Waals surface area contributed by atoms with E-state index < -0.39 is 0 Å². The van der Waals surface area contributed by atoms with Gasteiger partial charge in [0.1, 0.15) is 13.2 Å². The summed E-state index contributed by atoms with van der Waals surface area (Å²) in [5.41, 5.74) is 2.94. The van der Waals surface area contributed by atoms with E-state index in [0.717, 1.165) is 42.6 Å². The van der Waals surface area contributed by atoms with E-state index >= 15 is 0 Å². The molecule has 5 heteroatoms. The van der Waals surface area contributed by atoms with Crippen molar-refractivity contribution in [2.75, 3.05) is 26.3 Å². The van der Waals surface area contributed by atoms with E-state index in [2.05, 4.69) is 29.3 Å². The van der Waals surface area contributed by atoms with Crippen LogP contribution in [-0.4, -0.2) is 37.1 Å². The van der Waals surface area contributed by atoms with Crippen LogP contribution in [0.3, 0.4) is 0 Å². The maximum atomic E-state index is 12.7. The zero-order valence-electron chi connectivity index (χ0n) is 17.3. The Morgan fingerprint density at radius 1 is 1.07 bits per heavy atom. The number of benzene rings is 2. The van der Waals surface area contributed by atoms with E-state index in [4.69, 9.17) is 9.47 Å². The van der Waals surface area contributed by atoms with Crippen LogP contribution in [0.5, 0.6) is 11.5 Å². The predicted octanol–water partition coefficient (Wildman–Crippen LogP) is 4.18. The standard InChI is InChI=1S/C24H30N2O3/c1-17-9-11-26(12-10-17)16-19-3-5-20(6-4-19)24(27)25-18(2)21-7-8-22-23(15-21)29-14-13-28-22/h3-8,15,17-18H,9-14,16H2,1-2H3,(H,25,27). The summed E-state index contributed by atoms with van der Waals surface area (Å²) in [6.07, 6.45) is 2.55. The third-order valence-corrected chi connectivity index (χ3v) is 5.91. The minimum absolute atomic E-state index is 0.0641. The Labute approximate surface area is 173 Å². The lowest BCUT2D eigenvalue weighted by Crippen LogP contribution is -2.32. The van der Waals surface area contributed by atoms with Crippen LogP contribution >= 0.6 is 0 Å². The quantitative estimate of drug-likeness (QED) is 0.827. The monoisotopic (exact) mass is 394 g/mol. The van der Waals surface area contributed by atoms with E-state index in [1.807, 2.05) is 37.3 Å². The maximum Gasteiger partial charge on any atom is 0.251 e. The first kappa shape index (κ1) is 19.8. The van der Waals surface area contributed by atoms with Gasteiger partial charge in [0.15, 0.2) is 11.5 Å². The Morgan fingerprint density at radius 3 is 2.48 bits per heavy atom. The van der Waals surface area contributed by atoms with E-state index in [1.165, 1.54) is 18.4 Å². The second-order valence-electron chi connectivity index (χ2n) is 8.25. The van der Waals surface area contributed by atoms with E-state index in [9.17, 15) is 4.79 Å². The second kappa shape index (κ2) is 8.87. The van der Waals surface area contributed by atoms with Gasteiger partial charge in [-0.05, 0) is 74.2 Å². The summed E-state index contributed by atoms with van der Waals surface area (Å²) in [6.45, 7) is 8.73. The average Bonchev–Trinajstić information content (AvgIpc) is 2.75. The van der Waals surface area contributed by atoms with Crippen LogP contribution in [0, 0.1) is 5.92 Å². The first-order chi connectivity index (χ1) is 14.1. The molecule has 1 fully saturated rings. The van der Waals surface area contributed by atoms with Crippen LogP contribution in [-0.2, 0) is 6.54 Å². The van der Waals surface area contributed by atoms with Gasteiger partial charge in [0, 0.05) is 12.1 Å². The second-order valence-corrected chi connectivity index (χ2v) is 8.25. The molecule has 0 spiro atoms. The molecule has 1 saturated heterocycles. The van der Waals surface area contributed by atoms with Crippen LogP contribution in [0.2, 0.25) is 0 Å². The highest BCUT2D eigenvalue weighted by atomic mass is 16.6. The highest BCUT2D eigenvalue weighted by molar-refractivity contribution is 5.94. The van der Waals surface area contributed by atoms with Crippen molar-refractivity contribution in [2.45, 2.75) is 39.3 Å². The SMILES string of the molecule is CC1CCN(Cc2ccc(C(=O)NC(C)c3ccc4c(c3)OCCO4)cc2)CC1. The Balaban J connectivity index is 1.34. The summed E-state index contributed by atoms with van der Waals surface area (Å²) in [6, 6.07) is 13.7. The van der Waals surface area contributed by atoms with Crippen LogP contribution in [0.1, 0.15) is 54.2 Å². The number of nitrogens with one attached hydrogen (secondary N) is 1. The number of hydrogen-bond acceptors (Lipinski definition) is 4. The summed E-state index contributed by atoms with van der Waals surface area (Å²) in [5, 5.41) is 3.08. The molecule has 2 heterocycles. The van der Waals surface area contributed by atoms with Crippen molar-refractivity contribution in [3.05, 3.63) is 59.2 Å². The molecule has 4 rings (SSSR count). The third kappa shape index (κ3) is 4.91. The van der Waals surface area contributed by atoms with Gasteiger partial charge in [-0.1, -0.05) is 25.1 Å². The predicted molar refractivity (Wildman–Crippen MR) is 113 cm³/mol. The molecule has 2 aliphatic heterocycles. The lowest BCUT2D eigenvalue weighted by Gasteiger charge is -2.30. The van der Waals surface area contributed by atoms with Crippen molar-refractivity contribution in [3.63, 3.8) is 0 Å². The fourth-order valence-corrected chi connectivity index (χ4v) is 3.93. The van der Waals surface area contributed by atoms with Crippen molar-refractivity contribution in [3.8, 4) is 11.5 Å². The molecule has 2 aromatic carbocycles. The van der Waals surface area contributed by atoms with Crippen molar-refractivity contribution in [1.82, 2.24) is 10.2 Å². The fraction of sp³-hybridized carbons (Fsp3) is 0.458. The molecule has 5 nitrogen and oxygen atoms in total. The lowest BCUT2D eigenvalue weighted by molar-refractivity contribution is 0.0939. The molecule has 0 aliphatic carbocycles. The van der Waals surface area contributed by atoms with Gasteiger partial charge in [0.25, 0.3) is 5.91 Å². The average molecular weight is 395 g/mol. The van der Waals surface area contributed by atoms with Crippen LogP contribution in [0.4, 0.5) is 0 Å². The van der Waals surface area contributed by atoms with Gasteiger partial charge in [-0.3, -0.25) is 9.69 Å². The molecule has 1 amide bonds. The van der Waals surface area contributed by atoms with Gasteiger partial charge >= 0.3 is 0 Å². The molecule has 1 unspecified atom stereocenters. The number of rotatable bonds is 5. The Morgan fingerprint density at radius 2 is 1.76 bits per heavy atom. The number of amides is 1. The lowest BCUT2D eigenvalue weighted by atomic mass is 9.99. The molecule has 1 N–H and O–H groups in total. The van der Waals surface area contributed by atoms with E-state index in [0.29, 0.717) is 18.8 Å². The molecule has 29 heavy (non-hydrogen) atoms. The Bertz CT molecular complexity index is 842. The summed E-state index contributed by atoms with van der Waals surface area (Å²) >= 11 is 0. The molecule has 2 aliphatic rings. The molecule has 1 atom stereocenters. The normalized spacial score (nSPS) is 18.3. The van der Waals surface area contributed by atoms with Gasteiger partial charge in [0.05, 0.1) is 6.04 Å². The smallest absolute Gasteiger partial charge is 0.251 e. The molecular weight excluding hydrogens is 364 g/mol. The van der Waals surface area contributed by atoms with E-state index in [1.54, 1.807) is 0 Å². The van der Waals surface area contributed by atoms with Gasteiger partial charge < -0.3 is 14.8 Å². The molecule has 154 valence electrons. The van der Waals surface area contributed by atoms with Crippen molar-refractivity contribution in [2.24, 2.45) is 5.92 Å². The van der Waals surface area contributed by atoms with Crippen molar-refractivity contribution < 1.29 is 14.3 Å². The van der Waals surface area contributed by atoms with Gasteiger partial charge in [-0.2, -0.15) is 0 Å². The molecule has 0 bridgehead atoms. The summed E-state index contributed by atoms with van der Waals surface area (Å²) in [4.78, 5) is 15.2. The third-order valence-electron chi connectivity index (χ3n) is 5.91. The fourth-order valence-electron chi connectivity index (χ4n) is 3.93. The Kier molecular flexibility index (Phi) is 6.05. The number of ether oxygens (including phenoxy) is 2. The number of likely N-dealkylation sites (tertiary alicyclic amines) is 1. The van der Waals surface area contributed by atoms with Crippen LogP contribution in [0.15, 0.2) is 42.5 Å².